The van der Waals surface area contributed by atoms with Gasteiger partial charge in [-0.1, -0.05) is 271 Å². The molecule has 0 saturated carbocycles. The predicted octanol–water partition coefficient (Wildman–Crippen LogP) is 18.9. The summed E-state index contributed by atoms with van der Waals surface area (Å²) >= 11 is 0. The average Bonchev–Trinajstić information content (AvgIpc) is 3.71. The molecule has 5 atom stereocenters. The molecule has 0 heterocycles. The van der Waals surface area contributed by atoms with Crippen molar-refractivity contribution in [2.45, 2.75) is 342 Å². The van der Waals surface area contributed by atoms with E-state index in [-0.39, 0.29) is 25.7 Å². The van der Waals surface area contributed by atoms with Gasteiger partial charge in [-0.05, 0) is 57.3 Å². The molecule has 0 aromatic carbocycles. The van der Waals surface area contributed by atoms with Crippen molar-refractivity contribution < 1.29 is 80.2 Å². The van der Waals surface area contributed by atoms with Gasteiger partial charge in [0.1, 0.15) is 19.3 Å². The first-order valence-electron chi connectivity index (χ1n) is 35.0. The van der Waals surface area contributed by atoms with Gasteiger partial charge in [0, 0.05) is 25.7 Å². The largest absolute Gasteiger partial charge is 0.472 e. The number of rotatable bonds is 66. The molecule has 0 radical (unpaired) electrons. The van der Waals surface area contributed by atoms with Crippen LogP contribution in [-0.2, 0) is 65.4 Å². The van der Waals surface area contributed by atoms with Crippen LogP contribution in [0.15, 0.2) is 24.3 Å². The van der Waals surface area contributed by atoms with Gasteiger partial charge in [-0.3, -0.25) is 37.3 Å². The van der Waals surface area contributed by atoms with Gasteiger partial charge in [-0.15, -0.1) is 0 Å². The van der Waals surface area contributed by atoms with Gasteiger partial charge in [-0.25, -0.2) is 9.13 Å². The van der Waals surface area contributed by atoms with Gasteiger partial charge in [-0.2, -0.15) is 0 Å². The molecule has 0 bridgehead atoms. The molecule has 17 nitrogen and oxygen atoms in total. The monoisotopic (exact) mass is 1280 g/mol. The second-order valence-electron chi connectivity index (χ2n) is 24.4. The van der Waals surface area contributed by atoms with E-state index in [1.165, 1.54) is 128 Å². The molecule has 0 fully saturated rings. The summed E-state index contributed by atoms with van der Waals surface area (Å²) < 4.78 is 68.0. The zero-order chi connectivity index (χ0) is 64.2. The second kappa shape index (κ2) is 61.1. The standard InChI is InChI=1S/C68H128O17P2/c1-6-9-12-15-17-19-21-23-25-27-29-34-38-43-48-53-68(73)85-64(58-79-66(71)52-47-42-37-33-28-26-24-22-20-18-16-13-10-7-2)60-83-87(76,77)81-56-62(69)55-80-86(74,75)82-59-63(57-78-65(70)51-46-40-14-11-8-3)84-67(72)54-49-44-39-35-31-30-32-36-41-45-50-61(4)5/h19,21,23,25,61-64,69H,6-18,20,22,24,26-60H2,1-5H3,(H,74,75)(H,76,77)/b21-19-,25-23-/t62-,63+,64+/m0/s1. The maximum Gasteiger partial charge on any atom is 0.472 e. The Balaban J connectivity index is 5.21. The van der Waals surface area contributed by atoms with Crippen LogP contribution in [0.2, 0.25) is 0 Å². The number of ether oxygens (including phenoxy) is 4. The molecule has 0 spiro atoms. The van der Waals surface area contributed by atoms with E-state index in [1.54, 1.807) is 0 Å². The Morgan fingerprint density at radius 2 is 0.621 bits per heavy atom. The van der Waals surface area contributed by atoms with Crippen molar-refractivity contribution in [3.8, 4) is 0 Å². The van der Waals surface area contributed by atoms with Crippen LogP contribution in [0.1, 0.15) is 324 Å². The molecule has 2 unspecified atom stereocenters. The van der Waals surface area contributed by atoms with E-state index < -0.39 is 97.5 Å². The van der Waals surface area contributed by atoms with Crippen LogP contribution in [-0.4, -0.2) is 96.7 Å². The van der Waals surface area contributed by atoms with E-state index in [9.17, 15) is 43.2 Å². The molecule has 87 heavy (non-hydrogen) atoms. The maximum atomic E-state index is 13.0. The quantitative estimate of drug-likeness (QED) is 0.0169. The first kappa shape index (κ1) is 84.5. The average molecular weight is 1280 g/mol. The summed E-state index contributed by atoms with van der Waals surface area (Å²) in [5.41, 5.74) is 0. The number of phosphoric ester groups is 2. The van der Waals surface area contributed by atoms with Gasteiger partial charge in [0.15, 0.2) is 12.2 Å². The number of carbonyl (C=O) groups excluding carboxylic acids is 4. The number of hydrogen-bond donors (Lipinski definition) is 3. The lowest BCUT2D eigenvalue weighted by Gasteiger charge is -2.21. The molecule has 0 aliphatic carbocycles. The van der Waals surface area contributed by atoms with Crippen molar-refractivity contribution in [2.24, 2.45) is 5.92 Å². The number of phosphoric acid groups is 2. The van der Waals surface area contributed by atoms with Crippen LogP contribution in [0.5, 0.6) is 0 Å². The third-order valence-corrected chi connectivity index (χ3v) is 17.1. The number of esters is 4. The number of hydrogen-bond acceptors (Lipinski definition) is 15. The number of aliphatic hydroxyl groups excluding tert-OH is 1. The van der Waals surface area contributed by atoms with E-state index in [0.717, 1.165) is 115 Å². The van der Waals surface area contributed by atoms with Gasteiger partial charge in [0.25, 0.3) is 0 Å². The first-order chi connectivity index (χ1) is 42.0. The minimum atomic E-state index is -4.96. The third kappa shape index (κ3) is 62.1. The topological polar surface area (TPSA) is 237 Å². The zero-order valence-corrected chi connectivity index (χ0v) is 57.4. The molecule has 3 N–H and O–H groups in total. The van der Waals surface area contributed by atoms with Crippen LogP contribution in [0.3, 0.4) is 0 Å². The SMILES string of the molecule is CCCCCC/C=C\C=C/CCCCCCCC(=O)O[C@H](COC(=O)CCCCCCCCCCCCCCCC)COP(=O)(O)OC[C@@H](O)COP(=O)(O)OC[C@@H](COC(=O)CCCCCCC)OC(=O)CCCCCCCCCCCCC(C)C. The Hall–Kier alpha value is -2.46. The van der Waals surface area contributed by atoms with Gasteiger partial charge < -0.3 is 33.8 Å². The number of allylic oxidation sites excluding steroid dienone is 4. The second-order valence-corrected chi connectivity index (χ2v) is 27.3. The van der Waals surface area contributed by atoms with Crippen LogP contribution in [0, 0.1) is 5.92 Å². The van der Waals surface area contributed by atoms with Crippen LogP contribution < -0.4 is 0 Å². The van der Waals surface area contributed by atoms with Crippen molar-refractivity contribution >= 4 is 39.5 Å². The maximum absolute atomic E-state index is 13.0. The Labute approximate surface area is 529 Å². The summed E-state index contributed by atoms with van der Waals surface area (Å²) in [6, 6.07) is 0. The van der Waals surface area contributed by atoms with Crippen molar-refractivity contribution in [3.05, 3.63) is 24.3 Å². The minimum Gasteiger partial charge on any atom is -0.462 e. The molecular formula is C68H128O17P2. The number of carbonyl (C=O) groups is 4. The van der Waals surface area contributed by atoms with Crippen molar-refractivity contribution in [1.82, 2.24) is 0 Å². The summed E-state index contributed by atoms with van der Waals surface area (Å²) in [5, 5.41) is 10.5. The van der Waals surface area contributed by atoms with E-state index in [1.807, 2.05) is 0 Å². The lowest BCUT2D eigenvalue weighted by Crippen LogP contribution is -2.30. The Bertz CT molecular complexity index is 1780. The van der Waals surface area contributed by atoms with Crippen molar-refractivity contribution in [1.29, 1.82) is 0 Å². The van der Waals surface area contributed by atoms with Crippen molar-refractivity contribution in [2.75, 3.05) is 39.6 Å². The molecule has 0 amide bonds. The molecule has 0 aromatic heterocycles. The number of unbranched alkanes of at least 4 members (excludes halogenated alkanes) is 35. The zero-order valence-electron chi connectivity index (χ0n) is 55.6. The predicted molar refractivity (Wildman–Crippen MR) is 349 cm³/mol. The molecular weight excluding hydrogens is 1150 g/mol. The molecule has 19 heteroatoms. The molecule has 0 aliphatic heterocycles. The molecule has 0 aliphatic rings. The third-order valence-electron chi connectivity index (χ3n) is 15.2. The number of aliphatic hydroxyl groups is 1. The fourth-order valence-electron chi connectivity index (χ4n) is 9.75. The smallest absolute Gasteiger partial charge is 0.462 e. The molecule has 512 valence electrons. The van der Waals surface area contributed by atoms with Crippen LogP contribution >= 0.6 is 15.6 Å². The minimum absolute atomic E-state index is 0.0854. The van der Waals surface area contributed by atoms with E-state index in [2.05, 4.69) is 58.9 Å². The normalized spacial score (nSPS) is 14.3. The van der Waals surface area contributed by atoms with E-state index in [4.69, 9.17) is 37.0 Å². The fourth-order valence-corrected chi connectivity index (χ4v) is 11.3. The highest BCUT2D eigenvalue weighted by molar-refractivity contribution is 7.47. The first-order valence-corrected chi connectivity index (χ1v) is 37.9. The lowest BCUT2D eigenvalue weighted by molar-refractivity contribution is -0.161. The Morgan fingerprint density at radius 3 is 0.943 bits per heavy atom. The van der Waals surface area contributed by atoms with Crippen LogP contribution in [0.25, 0.3) is 0 Å². The van der Waals surface area contributed by atoms with Crippen LogP contribution in [0.4, 0.5) is 0 Å². The van der Waals surface area contributed by atoms with E-state index >= 15 is 0 Å². The molecule has 0 rings (SSSR count). The molecule has 0 aromatic rings. The Morgan fingerprint density at radius 1 is 0.356 bits per heavy atom. The summed E-state index contributed by atoms with van der Waals surface area (Å²) in [4.78, 5) is 72.2. The van der Waals surface area contributed by atoms with E-state index in [0.29, 0.717) is 25.7 Å². The fraction of sp³-hybridized carbons (Fsp3) is 0.882. The Kier molecular flexibility index (Phi) is 59.3. The summed E-state index contributed by atoms with van der Waals surface area (Å²) in [6.45, 7) is 7.06. The molecule has 0 saturated heterocycles. The summed E-state index contributed by atoms with van der Waals surface area (Å²) in [7, 11) is -9.90. The highest BCUT2D eigenvalue weighted by atomic mass is 31.2. The highest BCUT2D eigenvalue weighted by Gasteiger charge is 2.30. The lowest BCUT2D eigenvalue weighted by atomic mass is 10.0. The van der Waals surface area contributed by atoms with Gasteiger partial charge in [0.05, 0.1) is 26.4 Å². The summed E-state index contributed by atoms with van der Waals surface area (Å²) in [6.07, 6.45) is 49.7. The van der Waals surface area contributed by atoms with Gasteiger partial charge >= 0.3 is 39.5 Å². The highest BCUT2D eigenvalue weighted by Crippen LogP contribution is 2.45. The van der Waals surface area contributed by atoms with Gasteiger partial charge in [0.2, 0.25) is 0 Å². The summed E-state index contributed by atoms with van der Waals surface area (Å²) in [5.74, 6) is -1.42. The van der Waals surface area contributed by atoms with Crippen molar-refractivity contribution in [3.63, 3.8) is 0 Å².